The van der Waals surface area contributed by atoms with Gasteiger partial charge in [0.1, 0.15) is 12.4 Å². The summed E-state index contributed by atoms with van der Waals surface area (Å²) in [5.41, 5.74) is 3.59. The van der Waals surface area contributed by atoms with E-state index in [1.165, 1.54) is 21.9 Å². The molecule has 2 aliphatic heterocycles. The van der Waals surface area contributed by atoms with E-state index < -0.39 is 11.9 Å². The van der Waals surface area contributed by atoms with E-state index >= 15 is 0 Å². The van der Waals surface area contributed by atoms with Crippen molar-refractivity contribution < 1.29 is 18.8 Å². The van der Waals surface area contributed by atoms with E-state index in [9.17, 15) is 18.8 Å². The van der Waals surface area contributed by atoms with Crippen LogP contribution in [0.25, 0.3) is 0 Å². The number of likely N-dealkylation sites (N-methyl/N-ethyl adjacent to an activating group) is 1. The van der Waals surface area contributed by atoms with Gasteiger partial charge in [-0.3, -0.25) is 14.5 Å². The summed E-state index contributed by atoms with van der Waals surface area (Å²) in [6.45, 7) is -0.0139. The van der Waals surface area contributed by atoms with Gasteiger partial charge in [0.2, 0.25) is 5.91 Å². The van der Waals surface area contributed by atoms with Gasteiger partial charge < -0.3 is 15.5 Å². The van der Waals surface area contributed by atoms with Gasteiger partial charge in [0.15, 0.2) is 0 Å². The van der Waals surface area contributed by atoms with E-state index in [4.69, 9.17) is 0 Å². The predicted octanol–water partition coefficient (Wildman–Crippen LogP) is 3.72. The molecule has 2 atom stereocenters. The van der Waals surface area contributed by atoms with E-state index in [0.717, 1.165) is 11.1 Å². The molecule has 7 nitrogen and oxygen atoms in total. The van der Waals surface area contributed by atoms with Crippen LogP contribution >= 0.6 is 0 Å². The minimum absolute atomic E-state index is 0.137. The number of amides is 4. The Morgan fingerprint density at radius 3 is 2.32 bits per heavy atom. The first-order chi connectivity index (χ1) is 17.9. The van der Waals surface area contributed by atoms with Crippen molar-refractivity contribution >= 4 is 17.8 Å². The normalized spacial score (nSPS) is 17.9. The monoisotopic (exact) mass is 498 g/mol. The third kappa shape index (κ3) is 5.09. The van der Waals surface area contributed by atoms with Crippen molar-refractivity contribution in [2.24, 2.45) is 0 Å². The van der Waals surface area contributed by atoms with Crippen molar-refractivity contribution in [2.45, 2.75) is 18.5 Å². The lowest BCUT2D eigenvalue weighted by Gasteiger charge is -2.31. The number of urea groups is 1. The van der Waals surface area contributed by atoms with Crippen molar-refractivity contribution in [1.29, 1.82) is 0 Å². The number of hydrogen-bond acceptors (Lipinski definition) is 3. The Labute approximate surface area is 214 Å². The second-order valence-corrected chi connectivity index (χ2v) is 9.24. The third-order valence-electron chi connectivity index (χ3n) is 6.79. The Bertz CT molecular complexity index is 1340. The van der Waals surface area contributed by atoms with Gasteiger partial charge in [-0.1, -0.05) is 72.8 Å². The molecule has 188 valence electrons. The molecule has 3 aromatic carbocycles. The first-order valence-corrected chi connectivity index (χ1v) is 12.1. The lowest BCUT2D eigenvalue weighted by atomic mass is 9.96. The fraction of sp³-hybridized carbons (Fsp3) is 0.207. The van der Waals surface area contributed by atoms with Crippen LogP contribution in [0.5, 0.6) is 0 Å². The highest BCUT2D eigenvalue weighted by Crippen LogP contribution is 2.35. The van der Waals surface area contributed by atoms with Gasteiger partial charge in [-0.15, -0.1) is 0 Å². The quantitative estimate of drug-likeness (QED) is 0.521. The van der Waals surface area contributed by atoms with Crippen molar-refractivity contribution in [3.05, 3.63) is 119 Å². The van der Waals surface area contributed by atoms with Crippen LogP contribution < -0.4 is 10.6 Å². The molecule has 2 heterocycles. The second kappa shape index (κ2) is 10.3. The molecule has 0 saturated carbocycles. The van der Waals surface area contributed by atoms with Crippen molar-refractivity contribution in [2.75, 3.05) is 20.1 Å². The van der Waals surface area contributed by atoms with Gasteiger partial charge in [-0.05, 0) is 35.2 Å². The van der Waals surface area contributed by atoms with Crippen LogP contribution in [0.1, 0.15) is 28.8 Å². The average molecular weight is 499 g/mol. The Hall–Kier alpha value is -4.46. The SMILES string of the molecule is CN1C(=O)NC(c2ccc(F)cc2)C2=C1CN(CC(=O)NC(Cc1ccccc1)c1ccccc1)C2=O. The summed E-state index contributed by atoms with van der Waals surface area (Å²) < 4.78 is 13.5. The van der Waals surface area contributed by atoms with Gasteiger partial charge in [0, 0.05) is 7.05 Å². The molecule has 0 spiro atoms. The second-order valence-electron chi connectivity index (χ2n) is 9.24. The number of carbonyl (C=O) groups excluding carboxylic acids is 3. The highest BCUT2D eigenvalue weighted by Gasteiger charge is 2.43. The Morgan fingerprint density at radius 1 is 1.00 bits per heavy atom. The molecule has 37 heavy (non-hydrogen) atoms. The fourth-order valence-corrected chi connectivity index (χ4v) is 4.86. The summed E-state index contributed by atoms with van der Waals surface area (Å²) in [7, 11) is 1.59. The van der Waals surface area contributed by atoms with E-state index in [1.807, 2.05) is 60.7 Å². The Kier molecular flexibility index (Phi) is 6.72. The summed E-state index contributed by atoms with van der Waals surface area (Å²) in [6, 6.07) is 23.9. The molecule has 8 heteroatoms. The molecule has 5 rings (SSSR count). The summed E-state index contributed by atoms with van der Waals surface area (Å²) >= 11 is 0. The van der Waals surface area contributed by atoms with Crippen LogP contribution in [0.4, 0.5) is 9.18 Å². The average Bonchev–Trinajstić information content (AvgIpc) is 3.23. The van der Waals surface area contributed by atoms with Crippen LogP contribution in [-0.2, 0) is 16.0 Å². The maximum atomic E-state index is 13.5. The molecular formula is C29H27FN4O3. The topological polar surface area (TPSA) is 81.8 Å². The summed E-state index contributed by atoms with van der Waals surface area (Å²) in [5.74, 6) is -1.03. The summed E-state index contributed by atoms with van der Waals surface area (Å²) in [5, 5.41) is 5.91. The Balaban J connectivity index is 1.33. The first kappa shape index (κ1) is 24.2. The molecule has 0 saturated heterocycles. The standard InChI is InChI=1S/C29H27FN4O3/c1-33-24-17-34(28(36)26(24)27(32-29(33)37)21-12-14-22(30)15-13-21)18-25(35)31-23(20-10-6-3-7-11-20)16-19-8-4-2-5-9-19/h2-15,23,27H,16-18H2,1H3,(H,31,35)(H,32,37). The lowest BCUT2D eigenvalue weighted by Crippen LogP contribution is -2.45. The number of benzene rings is 3. The minimum atomic E-state index is -0.713. The highest BCUT2D eigenvalue weighted by atomic mass is 19.1. The number of nitrogens with zero attached hydrogens (tertiary/aromatic N) is 2. The lowest BCUT2D eigenvalue weighted by molar-refractivity contribution is -0.132. The van der Waals surface area contributed by atoms with Gasteiger partial charge >= 0.3 is 6.03 Å². The van der Waals surface area contributed by atoms with Gasteiger partial charge in [-0.2, -0.15) is 0 Å². The van der Waals surface area contributed by atoms with E-state index in [-0.39, 0.29) is 37.0 Å². The number of rotatable bonds is 7. The molecule has 3 aromatic rings. The molecule has 0 aliphatic carbocycles. The van der Waals surface area contributed by atoms with Crippen LogP contribution in [-0.4, -0.2) is 47.8 Å². The van der Waals surface area contributed by atoms with E-state index in [1.54, 1.807) is 19.2 Å². The summed E-state index contributed by atoms with van der Waals surface area (Å²) in [6.07, 6.45) is 0.604. The zero-order valence-corrected chi connectivity index (χ0v) is 20.4. The van der Waals surface area contributed by atoms with Crippen molar-refractivity contribution in [1.82, 2.24) is 20.4 Å². The maximum absolute atomic E-state index is 13.5. The predicted molar refractivity (Wildman–Crippen MR) is 137 cm³/mol. The van der Waals surface area contributed by atoms with E-state index in [0.29, 0.717) is 23.3 Å². The van der Waals surface area contributed by atoms with Gasteiger partial charge in [0.05, 0.1) is 29.9 Å². The first-order valence-electron chi connectivity index (χ1n) is 12.1. The smallest absolute Gasteiger partial charge is 0.322 e. The van der Waals surface area contributed by atoms with Gasteiger partial charge in [0.25, 0.3) is 5.91 Å². The molecule has 0 aromatic heterocycles. The third-order valence-corrected chi connectivity index (χ3v) is 6.79. The van der Waals surface area contributed by atoms with Crippen LogP contribution in [0.15, 0.2) is 96.2 Å². The number of nitrogens with one attached hydrogen (secondary N) is 2. The molecule has 2 N–H and O–H groups in total. The largest absolute Gasteiger partial charge is 0.347 e. The van der Waals surface area contributed by atoms with E-state index in [2.05, 4.69) is 10.6 Å². The molecule has 0 fully saturated rings. The van der Waals surface area contributed by atoms with Gasteiger partial charge in [-0.25, -0.2) is 9.18 Å². The molecule has 2 unspecified atom stereocenters. The zero-order valence-electron chi connectivity index (χ0n) is 20.4. The molecule has 4 amide bonds. The highest BCUT2D eigenvalue weighted by molar-refractivity contribution is 6.03. The van der Waals surface area contributed by atoms with Crippen molar-refractivity contribution in [3.8, 4) is 0 Å². The Morgan fingerprint density at radius 2 is 1.65 bits per heavy atom. The van der Waals surface area contributed by atoms with Crippen LogP contribution in [0.2, 0.25) is 0 Å². The van der Waals surface area contributed by atoms with Crippen LogP contribution in [0, 0.1) is 5.82 Å². The summed E-state index contributed by atoms with van der Waals surface area (Å²) in [4.78, 5) is 42.1. The number of hydrogen-bond donors (Lipinski definition) is 2. The van der Waals surface area contributed by atoms with Crippen molar-refractivity contribution in [3.63, 3.8) is 0 Å². The minimum Gasteiger partial charge on any atom is -0.347 e. The molecule has 0 bridgehead atoms. The molecule has 2 aliphatic rings. The number of halogens is 1. The molecular weight excluding hydrogens is 471 g/mol. The van der Waals surface area contributed by atoms with Crippen LogP contribution in [0.3, 0.4) is 0 Å². The fourth-order valence-electron chi connectivity index (χ4n) is 4.86. The maximum Gasteiger partial charge on any atom is 0.322 e. The zero-order chi connectivity index (χ0) is 25.9. The number of carbonyl (C=O) groups is 3. The molecule has 0 radical (unpaired) electrons.